The van der Waals surface area contributed by atoms with E-state index in [9.17, 15) is 8.42 Å². The fraction of sp³-hybridized carbons (Fsp3) is 0. The smallest absolute Gasteiger partial charge is 0.206 e. The van der Waals surface area contributed by atoms with Gasteiger partial charge in [-0.15, -0.1) is 24.8 Å². The van der Waals surface area contributed by atoms with Crippen molar-refractivity contribution in [2.24, 2.45) is 11.7 Å². The monoisotopic (exact) mass is 350 g/mol. The van der Waals surface area contributed by atoms with E-state index >= 15 is 0 Å². The van der Waals surface area contributed by atoms with Gasteiger partial charge in [0.1, 0.15) is 0 Å². The van der Waals surface area contributed by atoms with Crippen molar-refractivity contribution < 1.29 is 8.42 Å². The molecule has 2 rings (SSSR count). The van der Waals surface area contributed by atoms with Crippen LogP contribution < -0.4 is 22.5 Å². The molecular formula is C12H16Cl2N4O2S. The normalized spacial score (nSPS) is 10.0. The standard InChI is InChI=1S/C12H14N4O2S.2ClH/c13-15-9-1-5-11(6-2-9)19(17,18)12-7-3-10(16-14)4-8-12;;/h1-8,15-16H,13-14H2;2*1H. The number of rotatable bonds is 4. The molecule has 0 unspecified atom stereocenters. The predicted molar refractivity (Wildman–Crippen MR) is 88.5 cm³/mol. The van der Waals surface area contributed by atoms with E-state index in [1.54, 1.807) is 24.3 Å². The van der Waals surface area contributed by atoms with E-state index in [0.717, 1.165) is 0 Å². The third-order valence-electron chi connectivity index (χ3n) is 2.66. The Kier molecular flexibility index (Phi) is 7.48. The maximum absolute atomic E-state index is 12.3. The van der Waals surface area contributed by atoms with Gasteiger partial charge in [0.05, 0.1) is 9.79 Å². The SMILES string of the molecule is Cl.Cl.NNc1ccc(S(=O)(=O)c2ccc(NN)cc2)cc1. The van der Waals surface area contributed by atoms with Crippen molar-refractivity contribution in [2.45, 2.75) is 9.79 Å². The van der Waals surface area contributed by atoms with Crippen molar-refractivity contribution in [3.8, 4) is 0 Å². The molecule has 0 saturated carbocycles. The maximum Gasteiger partial charge on any atom is 0.206 e. The van der Waals surface area contributed by atoms with Gasteiger partial charge in [-0.05, 0) is 48.5 Å². The zero-order valence-corrected chi connectivity index (χ0v) is 13.3. The first-order chi connectivity index (χ1) is 9.07. The Labute approximate surface area is 135 Å². The Bertz CT molecular complexity index is 607. The molecule has 0 aliphatic rings. The zero-order chi connectivity index (χ0) is 13.9. The summed E-state index contributed by atoms with van der Waals surface area (Å²) in [6.07, 6.45) is 0. The number of hydrogen-bond acceptors (Lipinski definition) is 6. The summed E-state index contributed by atoms with van der Waals surface area (Å²) in [4.78, 5) is 0.417. The van der Waals surface area contributed by atoms with Crippen LogP contribution in [0.3, 0.4) is 0 Å². The molecule has 9 heteroatoms. The van der Waals surface area contributed by atoms with E-state index in [1.807, 2.05) is 0 Å². The van der Waals surface area contributed by atoms with Crippen LogP contribution >= 0.6 is 24.8 Å². The third kappa shape index (κ3) is 4.23. The number of nitrogens with two attached hydrogens (primary N) is 2. The van der Waals surface area contributed by atoms with Crippen LogP contribution in [0, 0.1) is 0 Å². The molecule has 0 heterocycles. The number of hydrazine groups is 2. The molecule has 0 fully saturated rings. The molecule has 2 aromatic carbocycles. The topological polar surface area (TPSA) is 110 Å². The van der Waals surface area contributed by atoms with Gasteiger partial charge in [-0.25, -0.2) is 8.42 Å². The van der Waals surface area contributed by atoms with Crippen molar-refractivity contribution in [2.75, 3.05) is 10.9 Å². The van der Waals surface area contributed by atoms with Crippen LogP contribution in [-0.4, -0.2) is 8.42 Å². The van der Waals surface area contributed by atoms with E-state index in [2.05, 4.69) is 10.9 Å². The predicted octanol–water partition coefficient (Wildman–Crippen LogP) is 1.93. The molecule has 0 aliphatic heterocycles. The zero-order valence-electron chi connectivity index (χ0n) is 10.8. The second-order valence-corrected chi connectivity index (χ2v) is 5.79. The fourth-order valence-corrected chi connectivity index (χ4v) is 2.86. The molecule has 6 nitrogen and oxygen atoms in total. The van der Waals surface area contributed by atoms with Crippen molar-refractivity contribution in [1.82, 2.24) is 0 Å². The first-order valence-corrected chi connectivity index (χ1v) is 6.94. The summed E-state index contributed by atoms with van der Waals surface area (Å²) in [5, 5.41) is 0. The Hall–Kier alpha value is -1.51. The summed E-state index contributed by atoms with van der Waals surface area (Å²) in [5.41, 5.74) is 6.17. The molecule has 6 N–H and O–H groups in total. The summed E-state index contributed by atoms with van der Waals surface area (Å²) < 4.78 is 24.7. The maximum atomic E-state index is 12.3. The highest BCUT2D eigenvalue weighted by Gasteiger charge is 2.17. The molecule has 21 heavy (non-hydrogen) atoms. The molecule has 0 aliphatic carbocycles. The van der Waals surface area contributed by atoms with Gasteiger partial charge in [-0.1, -0.05) is 0 Å². The number of sulfone groups is 1. The van der Waals surface area contributed by atoms with E-state index < -0.39 is 9.84 Å². The molecule has 2 aromatic rings. The number of nitrogens with one attached hydrogen (secondary N) is 2. The van der Waals surface area contributed by atoms with E-state index in [0.29, 0.717) is 11.4 Å². The van der Waals surface area contributed by atoms with Gasteiger partial charge in [0.15, 0.2) is 0 Å². The van der Waals surface area contributed by atoms with Gasteiger partial charge < -0.3 is 10.9 Å². The lowest BCUT2D eigenvalue weighted by Gasteiger charge is -2.07. The van der Waals surface area contributed by atoms with Gasteiger partial charge >= 0.3 is 0 Å². The number of benzene rings is 2. The van der Waals surface area contributed by atoms with Gasteiger partial charge in [-0.3, -0.25) is 11.7 Å². The van der Waals surface area contributed by atoms with E-state index in [-0.39, 0.29) is 34.6 Å². The van der Waals surface area contributed by atoms with Crippen LogP contribution in [0.1, 0.15) is 0 Å². The Morgan fingerprint density at radius 2 is 0.952 bits per heavy atom. The minimum atomic E-state index is -3.53. The Balaban J connectivity index is 0.00000200. The summed E-state index contributed by atoms with van der Waals surface area (Å²) in [5.74, 6) is 10.5. The molecule has 0 radical (unpaired) electrons. The molecule has 0 atom stereocenters. The Morgan fingerprint density at radius 3 is 1.19 bits per heavy atom. The molecule has 0 bridgehead atoms. The summed E-state index contributed by atoms with van der Waals surface area (Å²) in [6.45, 7) is 0. The largest absolute Gasteiger partial charge is 0.324 e. The van der Waals surface area contributed by atoms with Crippen LogP contribution in [0.15, 0.2) is 58.3 Å². The van der Waals surface area contributed by atoms with Crippen LogP contribution in [0.4, 0.5) is 11.4 Å². The van der Waals surface area contributed by atoms with Crippen LogP contribution in [-0.2, 0) is 9.84 Å². The highest BCUT2D eigenvalue weighted by atomic mass is 35.5. The lowest BCUT2D eigenvalue weighted by atomic mass is 10.3. The number of hydrogen-bond donors (Lipinski definition) is 4. The lowest BCUT2D eigenvalue weighted by molar-refractivity contribution is 0.596. The van der Waals surface area contributed by atoms with Gasteiger partial charge in [0, 0.05) is 11.4 Å². The summed E-state index contributed by atoms with van der Waals surface area (Å²) >= 11 is 0. The number of halogens is 2. The minimum absolute atomic E-state index is 0. The van der Waals surface area contributed by atoms with Gasteiger partial charge in [0.2, 0.25) is 9.84 Å². The second-order valence-electron chi connectivity index (χ2n) is 3.84. The van der Waals surface area contributed by atoms with Gasteiger partial charge in [0.25, 0.3) is 0 Å². The van der Waals surface area contributed by atoms with E-state index in [4.69, 9.17) is 11.7 Å². The van der Waals surface area contributed by atoms with Crippen molar-refractivity contribution in [3.63, 3.8) is 0 Å². The molecule has 0 amide bonds. The fourth-order valence-electron chi connectivity index (χ4n) is 1.60. The molecule has 0 aromatic heterocycles. The summed E-state index contributed by atoms with van der Waals surface area (Å²) in [7, 11) is -3.53. The van der Waals surface area contributed by atoms with E-state index in [1.165, 1.54) is 24.3 Å². The third-order valence-corrected chi connectivity index (χ3v) is 4.45. The molecular weight excluding hydrogens is 335 g/mol. The highest BCUT2D eigenvalue weighted by Crippen LogP contribution is 2.23. The molecule has 0 saturated heterocycles. The average Bonchev–Trinajstić information content (AvgIpc) is 2.47. The average molecular weight is 351 g/mol. The van der Waals surface area contributed by atoms with Crippen LogP contribution in [0.2, 0.25) is 0 Å². The first-order valence-electron chi connectivity index (χ1n) is 5.46. The second kappa shape index (κ2) is 8.06. The molecule has 116 valence electrons. The summed E-state index contributed by atoms with van der Waals surface area (Å²) in [6, 6.07) is 12.4. The van der Waals surface area contributed by atoms with Crippen molar-refractivity contribution in [1.29, 1.82) is 0 Å². The quantitative estimate of drug-likeness (QED) is 0.495. The minimum Gasteiger partial charge on any atom is -0.324 e. The molecule has 0 spiro atoms. The van der Waals surface area contributed by atoms with Gasteiger partial charge in [-0.2, -0.15) is 0 Å². The van der Waals surface area contributed by atoms with Crippen LogP contribution in [0.25, 0.3) is 0 Å². The number of nitrogen functional groups attached to an aromatic ring is 2. The highest BCUT2D eigenvalue weighted by molar-refractivity contribution is 7.91. The number of anilines is 2. The lowest BCUT2D eigenvalue weighted by Crippen LogP contribution is -2.08. The van der Waals surface area contributed by atoms with Crippen molar-refractivity contribution >= 4 is 46.0 Å². The first kappa shape index (κ1) is 19.5. The van der Waals surface area contributed by atoms with Crippen LogP contribution in [0.5, 0.6) is 0 Å². The Morgan fingerprint density at radius 1 is 0.667 bits per heavy atom. The van der Waals surface area contributed by atoms with Crippen molar-refractivity contribution in [3.05, 3.63) is 48.5 Å².